The number of Topliss-reactive ketones (excluding diaryl/α,β-unsaturated/α-hetero) is 1. The molecule has 0 aliphatic carbocycles. The molecular formula is C18H20O2S. The second kappa shape index (κ2) is 6.81. The van der Waals surface area contributed by atoms with E-state index >= 15 is 0 Å². The first-order chi connectivity index (χ1) is 10.0. The topological polar surface area (TPSA) is 34.1 Å². The van der Waals surface area contributed by atoms with E-state index in [0.29, 0.717) is 5.56 Å². The van der Waals surface area contributed by atoms with Crippen molar-refractivity contribution in [1.29, 1.82) is 0 Å². The summed E-state index contributed by atoms with van der Waals surface area (Å²) in [5.74, 6) is -0.0701. The summed E-state index contributed by atoms with van der Waals surface area (Å²) in [4.78, 5) is 13.2. The predicted molar refractivity (Wildman–Crippen MR) is 87.2 cm³/mol. The summed E-state index contributed by atoms with van der Waals surface area (Å²) in [6, 6.07) is 15.1. The lowest BCUT2D eigenvalue weighted by Gasteiger charge is -2.12. The van der Waals surface area contributed by atoms with Gasteiger partial charge < -0.3 is 0 Å². The van der Waals surface area contributed by atoms with Crippen molar-refractivity contribution in [3.05, 3.63) is 65.2 Å². The van der Waals surface area contributed by atoms with Crippen molar-refractivity contribution >= 4 is 16.6 Å². The van der Waals surface area contributed by atoms with Crippen LogP contribution in [-0.2, 0) is 17.2 Å². The molecule has 2 aromatic carbocycles. The molecule has 0 amide bonds. The van der Waals surface area contributed by atoms with Crippen LogP contribution in [0.1, 0.15) is 35.3 Å². The Morgan fingerprint density at radius 1 is 1.10 bits per heavy atom. The van der Waals surface area contributed by atoms with Crippen molar-refractivity contribution in [2.45, 2.75) is 37.3 Å². The maximum atomic E-state index is 12.6. The molecule has 0 saturated heterocycles. The molecule has 3 heteroatoms. The highest BCUT2D eigenvalue weighted by Gasteiger charge is 2.23. The van der Waals surface area contributed by atoms with E-state index in [9.17, 15) is 9.00 Å². The second-order valence-corrected chi connectivity index (χ2v) is 6.86. The van der Waals surface area contributed by atoms with Crippen LogP contribution in [0.4, 0.5) is 0 Å². The van der Waals surface area contributed by atoms with Crippen LogP contribution in [0.3, 0.4) is 0 Å². The van der Waals surface area contributed by atoms with Gasteiger partial charge >= 0.3 is 0 Å². The third-order valence-corrected chi connectivity index (χ3v) is 5.40. The molecule has 0 radical (unpaired) electrons. The largest absolute Gasteiger partial charge is 0.293 e. The monoisotopic (exact) mass is 300 g/mol. The van der Waals surface area contributed by atoms with Crippen molar-refractivity contribution in [3.8, 4) is 0 Å². The van der Waals surface area contributed by atoms with Crippen LogP contribution in [0.15, 0.2) is 53.4 Å². The van der Waals surface area contributed by atoms with Crippen molar-refractivity contribution in [1.82, 2.24) is 0 Å². The molecule has 2 rings (SSSR count). The molecule has 0 bridgehead atoms. The van der Waals surface area contributed by atoms with E-state index in [1.54, 1.807) is 6.92 Å². The molecule has 0 saturated carbocycles. The van der Waals surface area contributed by atoms with Crippen molar-refractivity contribution in [3.63, 3.8) is 0 Å². The summed E-state index contributed by atoms with van der Waals surface area (Å²) < 4.78 is 12.6. The first-order valence-corrected chi connectivity index (χ1v) is 8.35. The molecule has 2 unspecified atom stereocenters. The molecule has 2 nitrogen and oxygen atoms in total. The molecule has 0 spiro atoms. The number of hydrogen-bond donors (Lipinski definition) is 0. The number of rotatable bonds is 5. The Kier molecular flexibility index (Phi) is 5.07. The van der Waals surface area contributed by atoms with Gasteiger partial charge in [0.25, 0.3) is 0 Å². The van der Waals surface area contributed by atoms with Gasteiger partial charge in [-0.05, 0) is 37.5 Å². The summed E-state index contributed by atoms with van der Waals surface area (Å²) in [5.41, 5.74) is 2.78. The summed E-state index contributed by atoms with van der Waals surface area (Å²) >= 11 is 0. The minimum Gasteiger partial charge on any atom is -0.293 e. The molecule has 0 N–H and O–H groups in total. The van der Waals surface area contributed by atoms with Gasteiger partial charge in [-0.15, -0.1) is 0 Å². The lowest BCUT2D eigenvalue weighted by molar-refractivity contribution is 0.0992. The lowest BCUT2D eigenvalue weighted by Crippen LogP contribution is -2.23. The van der Waals surface area contributed by atoms with Crippen LogP contribution >= 0.6 is 0 Å². The summed E-state index contributed by atoms with van der Waals surface area (Å²) in [5, 5.41) is -0.543. The van der Waals surface area contributed by atoms with Crippen molar-refractivity contribution < 1.29 is 9.00 Å². The van der Waals surface area contributed by atoms with E-state index in [1.807, 2.05) is 55.5 Å². The standard InChI is InChI=1S/C18H20O2S/c1-4-15-9-11-16(12-10-15)18(19)14(3)21(20)17-8-6-5-7-13(17)2/h5-12,14H,4H2,1-3H3. The molecule has 0 heterocycles. The smallest absolute Gasteiger partial charge is 0.178 e. The highest BCUT2D eigenvalue weighted by molar-refractivity contribution is 7.86. The van der Waals surface area contributed by atoms with E-state index in [4.69, 9.17) is 0 Å². The van der Waals surface area contributed by atoms with Crippen LogP contribution in [0.2, 0.25) is 0 Å². The first kappa shape index (κ1) is 15.6. The third kappa shape index (κ3) is 3.48. The van der Waals surface area contributed by atoms with Crippen LogP contribution in [-0.4, -0.2) is 15.2 Å². The number of carbonyl (C=O) groups is 1. The van der Waals surface area contributed by atoms with Crippen molar-refractivity contribution in [2.75, 3.05) is 0 Å². The Hall–Kier alpha value is -1.74. The van der Waals surface area contributed by atoms with Gasteiger partial charge in [-0.2, -0.15) is 0 Å². The Balaban J connectivity index is 2.22. The Labute approximate surface area is 128 Å². The molecule has 0 aliphatic heterocycles. The van der Waals surface area contributed by atoms with Gasteiger partial charge in [-0.3, -0.25) is 9.00 Å². The second-order valence-electron chi connectivity index (χ2n) is 5.12. The van der Waals surface area contributed by atoms with Gasteiger partial charge in [0.05, 0.1) is 16.0 Å². The normalized spacial score (nSPS) is 13.7. The highest BCUT2D eigenvalue weighted by atomic mass is 32.2. The van der Waals surface area contributed by atoms with Gasteiger partial charge in [0, 0.05) is 10.5 Å². The summed E-state index contributed by atoms with van der Waals surface area (Å²) in [6.07, 6.45) is 0.944. The van der Waals surface area contributed by atoms with E-state index in [-0.39, 0.29) is 5.78 Å². The number of hydrogen-bond acceptors (Lipinski definition) is 2. The molecule has 0 aromatic heterocycles. The zero-order chi connectivity index (χ0) is 15.4. The summed E-state index contributed by atoms with van der Waals surface area (Å²) in [6.45, 7) is 5.73. The van der Waals surface area contributed by atoms with Gasteiger partial charge in [-0.1, -0.05) is 49.4 Å². The minimum absolute atomic E-state index is 0.0701. The Morgan fingerprint density at radius 2 is 1.71 bits per heavy atom. The number of aryl methyl sites for hydroxylation is 2. The van der Waals surface area contributed by atoms with Gasteiger partial charge in [0.2, 0.25) is 0 Å². The Morgan fingerprint density at radius 3 is 2.29 bits per heavy atom. The maximum Gasteiger partial charge on any atom is 0.178 e. The quantitative estimate of drug-likeness (QED) is 0.784. The van der Waals surface area contributed by atoms with Gasteiger partial charge in [-0.25, -0.2) is 0 Å². The molecule has 2 atom stereocenters. The van der Waals surface area contributed by atoms with Crippen LogP contribution in [0.5, 0.6) is 0 Å². The third-order valence-electron chi connectivity index (χ3n) is 3.65. The lowest BCUT2D eigenvalue weighted by atomic mass is 10.1. The fourth-order valence-electron chi connectivity index (χ4n) is 2.21. The number of carbonyl (C=O) groups excluding carboxylic acids is 1. The fraction of sp³-hybridized carbons (Fsp3) is 0.278. The number of benzene rings is 2. The maximum absolute atomic E-state index is 12.6. The number of ketones is 1. The molecule has 21 heavy (non-hydrogen) atoms. The molecular weight excluding hydrogens is 280 g/mol. The average Bonchev–Trinajstić information content (AvgIpc) is 2.53. The molecule has 0 aliphatic rings. The molecule has 2 aromatic rings. The van der Waals surface area contributed by atoms with Gasteiger partial charge in [0.1, 0.15) is 0 Å². The van der Waals surface area contributed by atoms with E-state index in [2.05, 4.69) is 6.92 Å². The van der Waals surface area contributed by atoms with Gasteiger partial charge in [0.15, 0.2) is 5.78 Å². The zero-order valence-electron chi connectivity index (χ0n) is 12.6. The minimum atomic E-state index is -1.33. The van der Waals surface area contributed by atoms with Crippen LogP contribution < -0.4 is 0 Å². The average molecular weight is 300 g/mol. The molecule has 0 fully saturated rings. The van der Waals surface area contributed by atoms with Crippen molar-refractivity contribution in [2.24, 2.45) is 0 Å². The van der Waals surface area contributed by atoms with E-state index in [0.717, 1.165) is 16.9 Å². The molecule has 110 valence electrons. The van der Waals surface area contributed by atoms with Crippen LogP contribution in [0.25, 0.3) is 0 Å². The Bertz CT molecular complexity index is 659. The SMILES string of the molecule is CCc1ccc(C(=O)C(C)S(=O)c2ccccc2C)cc1. The zero-order valence-corrected chi connectivity index (χ0v) is 13.4. The van der Waals surface area contributed by atoms with E-state index in [1.165, 1.54) is 5.56 Å². The van der Waals surface area contributed by atoms with E-state index < -0.39 is 16.0 Å². The fourth-order valence-corrected chi connectivity index (χ4v) is 3.52. The predicted octanol–water partition coefficient (Wildman–Crippen LogP) is 3.94. The first-order valence-electron chi connectivity index (χ1n) is 7.14. The summed E-state index contributed by atoms with van der Waals surface area (Å²) in [7, 11) is -1.33. The van der Waals surface area contributed by atoms with Crippen LogP contribution in [0, 0.1) is 6.92 Å². The highest BCUT2D eigenvalue weighted by Crippen LogP contribution is 2.19.